The normalized spacial score (nSPS) is 15.1. The molecule has 3 atom stereocenters. The number of rotatable bonds is 48. The van der Waals surface area contributed by atoms with Crippen molar-refractivity contribution in [1.82, 2.24) is 5.32 Å². The minimum absolute atomic E-state index is 0.0180. The summed E-state index contributed by atoms with van der Waals surface area (Å²) in [4.78, 5) is 25.4. The van der Waals surface area contributed by atoms with Gasteiger partial charge in [0.25, 0.3) is 7.82 Å². The van der Waals surface area contributed by atoms with Crippen molar-refractivity contribution in [2.24, 2.45) is 0 Å². The van der Waals surface area contributed by atoms with Gasteiger partial charge in [0.15, 0.2) is 0 Å². The highest BCUT2D eigenvalue weighted by atomic mass is 31.2. The Morgan fingerprint density at radius 1 is 0.507 bits per heavy atom. The van der Waals surface area contributed by atoms with E-state index in [1.54, 1.807) is 6.08 Å². The second kappa shape index (κ2) is 51.3. The number of aliphatic hydroxyl groups is 1. The molecular formula is C62H103N2O6P. The van der Waals surface area contributed by atoms with Crippen molar-refractivity contribution >= 4 is 13.7 Å². The van der Waals surface area contributed by atoms with E-state index in [1.165, 1.54) is 44.9 Å². The third-order valence-corrected chi connectivity index (χ3v) is 12.2. The van der Waals surface area contributed by atoms with Gasteiger partial charge in [-0.15, -0.1) is 0 Å². The van der Waals surface area contributed by atoms with Crippen LogP contribution < -0.4 is 10.2 Å². The first kappa shape index (κ1) is 67.4. The summed E-state index contributed by atoms with van der Waals surface area (Å²) in [6.45, 7) is 4.42. The first-order valence-corrected chi connectivity index (χ1v) is 29.2. The van der Waals surface area contributed by atoms with Gasteiger partial charge in [-0.25, -0.2) is 0 Å². The highest BCUT2D eigenvalue weighted by Crippen LogP contribution is 2.38. The third-order valence-electron chi connectivity index (χ3n) is 11.3. The number of nitrogens with one attached hydrogen (secondary N) is 1. The molecule has 0 heterocycles. The Kier molecular flexibility index (Phi) is 48.7. The van der Waals surface area contributed by atoms with E-state index in [-0.39, 0.29) is 12.5 Å². The highest BCUT2D eigenvalue weighted by molar-refractivity contribution is 7.45. The molecule has 0 rings (SSSR count). The fourth-order valence-corrected chi connectivity index (χ4v) is 7.65. The Bertz CT molecular complexity index is 1660. The Labute approximate surface area is 436 Å². The van der Waals surface area contributed by atoms with Crippen molar-refractivity contribution in [2.45, 2.75) is 199 Å². The molecule has 0 saturated heterocycles. The number of aliphatic hydroxyl groups excluding tert-OH is 1. The van der Waals surface area contributed by atoms with E-state index >= 15 is 0 Å². The molecule has 71 heavy (non-hydrogen) atoms. The molecule has 0 saturated carbocycles. The number of hydrogen-bond donors (Lipinski definition) is 2. The predicted molar refractivity (Wildman–Crippen MR) is 306 cm³/mol. The zero-order valence-electron chi connectivity index (χ0n) is 45.6. The molecule has 0 bridgehead atoms. The molecule has 0 spiro atoms. The number of carbonyl (C=O) groups excluding carboxylic acids is 1. The van der Waals surface area contributed by atoms with Crippen LogP contribution in [0.25, 0.3) is 0 Å². The first-order chi connectivity index (χ1) is 34.5. The van der Waals surface area contributed by atoms with E-state index in [2.05, 4.69) is 153 Å². The number of unbranched alkanes of at least 4 members (excludes halogenated alkanes) is 13. The summed E-state index contributed by atoms with van der Waals surface area (Å²) in [6, 6.07) is -0.922. The number of nitrogens with zero attached hydrogens (tertiary/aromatic N) is 1. The maximum Gasteiger partial charge on any atom is 0.268 e. The second-order valence-electron chi connectivity index (χ2n) is 19.2. The van der Waals surface area contributed by atoms with Crippen molar-refractivity contribution in [2.75, 3.05) is 40.9 Å². The summed E-state index contributed by atoms with van der Waals surface area (Å²) in [5.41, 5.74) is 0. The molecule has 0 aliphatic heterocycles. The average molecular weight is 1000 g/mol. The molecule has 0 aromatic heterocycles. The number of phosphoric ester groups is 1. The number of phosphoric acid groups is 1. The van der Waals surface area contributed by atoms with Gasteiger partial charge in [-0.05, 0) is 109 Å². The van der Waals surface area contributed by atoms with Crippen LogP contribution in [0.3, 0.4) is 0 Å². The number of allylic oxidation sites excluding steroid dienone is 23. The van der Waals surface area contributed by atoms with Crippen LogP contribution >= 0.6 is 7.82 Å². The lowest BCUT2D eigenvalue weighted by molar-refractivity contribution is -0.870. The van der Waals surface area contributed by atoms with Gasteiger partial charge in [0, 0.05) is 6.42 Å². The zero-order valence-corrected chi connectivity index (χ0v) is 46.5. The van der Waals surface area contributed by atoms with E-state index in [0.717, 1.165) is 122 Å². The monoisotopic (exact) mass is 1000 g/mol. The number of amides is 1. The van der Waals surface area contributed by atoms with Crippen LogP contribution in [-0.2, 0) is 18.4 Å². The van der Waals surface area contributed by atoms with Gasteiger partial charge in [0.2, 0.25) is 5.91 Å². The number of likely N-dealkylation sites (N-methyl/N-ethyl adjacent to an activating group) is 1. The van der Waals surface area contributed by atoms with E-state index in [1.807, 2.05) is 27.2 Å². The fourth-order valence-electron chi connectivity index (χ4n) is 6.93. The lowest BCUT2D eigenvalue weighted by atomic mass is 10.1. The minimum Gasteiger partial charge on any atom is -0.756 e. The molecule has 2 N–H and O–H groups in total. The molecule has 3 unspecified atom stereocenters. The smallest absolute Gasteiger partial charge is 0.268 e. The van der Waals surface area contributed by atoms with Crippen molar-refractivity contribution in [1.29, 1.82) is 0 Å². The van der Waals surface area contributed by atoms with Crippen LogP contribution in [0.2, 0.25) is 0 Å². The summed E-state index contributed by atoms with van der Waals surface area (Å²) in [6.07, 6.45) is 79.3. The molecule has 0 fully saturated rings. The fraction of sp³-hybridized carbons (Fsp3) is 0.597. The molecule has 9 heteroatoms. The second-order valence-corrected chi connectivity index (χ2v) is 20.6. The summed E-state index contributed by atoms with van der Waals surface area (Å²) in [5, 5.41) is 13.8. The average Bonchev–Trinajstić information content (AvgIpc) is 3.33. The van der Waals surface area contributed by atoms with Crippen LogP contribution in [0, 0.1) is 0 Å². The molecule has 0 radical (unpaired) electrons. The van der Waals surface area contributed by atoms with E-state index < -0.39 is 26.6 Å². The van der Waals surface area contributed by atoms with Crippen LogP contribution in [0.15, 0.2) is 146 Å². The lowest BCUT2D eigenvalue weighted by Crippen LogP contribution is -2.45. The van der Waals surface area contributed by atoms with Crippen molar-refractivity contribution in [3.8, 4) is 0 Å². The first-order valence-electron chi connectivity index (χ1n) is 27.7. The predicted octanol–water partition coefficient (Wildman–Crippen LogP) is 16.3. The standard InChI is InChI=1S/C62H103N2O6P/c1-6-8-10-12-14-16-18-20-21-22-23-24-25-26-27-28-29-30-31-32-33-34-35-36-37-38-39-40-41-42-43-44-46-48-50-52-54-56-62(66)63-60(59-70-71(67,68)69-58-57-64(3,4)5)61(65)55-53-51-49-47-45-19-17-15-13-11-9-7-2/h8,10,13-16,20-21,23-24,26-27,29-30,32-33,35-36,38-39,45,47,53,55,60-61,65H,6-7,9,11-12,17-19,22,25,28,31,34,37,40-44,46,48-52,54,56-59H2,1-5H3,(H-,63,66,67,68)/b10-8-,15-13+,16-14-,21-20-,24-23-,27-26-,30-29-,33-32-,36-35-,39-38-,47-45+,55-53+. The van der Waals surface area contributed by atoms with Crippen LogP contribution in [-0.4, -0.2) is 68.5 Å². The van der Waals surface area contributed by atoms with Gasteiger partial charge in [-0.2, -0.15) is 0 Å². The van der Waals surface area contributed by atoms with Crippen LogP contribution in [0.5, 0.6) is 0 Å². The summed E-state index contributed by atoms with van der Waals surface area (Å²) >= 11 is 0. The van der Waals surface area contributed by atoms with Crippen LogP contribution in [0.1, 0.15) is 187 Å². The van der Waals surface area contributed by atoms with Crippen molar-refractivity contribution < 1.29 is 32.9 Å². The molecule has 402 valence electrons. The zero-order chi connectivity index (χ0) is 52.0. The van der Waals surface area contributed by atoms with Gasteiger partial charge in [-0.1, -0.05) is 217 Å². The molecule has 8 nitrogen and oxygen atoms in total. The molecule has 0 aromatic rings. The minimum atomic E-state index is -4.61. The van der Waals surface area contributed by atoms with E-state index in [0.29, 0.717) is 17.4 Å². The topological polar surface area (TPSA) is 108 Å². The number of hydrogen-bond acceptors (Lipinski definition) is 6. The molecule has 0 aliphatic rings. The molecule has 0 aliphatic carbocycles. The van der Waals surface area contributed by atoms with Gasteiger partial charge < -0.3 is 28.8 Å². The maximum absolute atomic E-state index is 12.9. The van der Waals surface area contributed by atoms with Gasteiger partial charge >= 0.3 is 0 Å². The number of carbonyl (C=O) groups is 1. The van der Waals surface area contributed by atoms with Crippen molar-refractivity contribution in [3.05, 3.63) is 146 Å². The lowest BCUT2D eigenvalue weighted by Gasteiger charge is -2.29. The van der Waals surface area contributed by atoms with E-state index in [4.69, 9.17) is 9.05 Å². The summed E-state index contributed by atoms with van der Waals surface area (Å²) in [5.74, 6) is -0.227. The molecule has 0 aromatic carbocycles. The van der Waals surface area contributed by atoms with Gasteiger partial charge in [0.05, 0.1) is 39.9 Å². The van der Waals surface area contributed by atoms with Gasteiger partial charge in [-0.3, -0.25) is 9.36 Å². The molecular weight excluding hydrogens is 900 g/mol. The quantitative estimate of drug-likeness (QED) is 0.0272. The SMILES string of the molecule is CC/C=C\C/C=C\C/C=C\C/C=C\C/C=C\C/C=C\C/C=C\C/C=C\C/C=C\CCCCCCCCCCCC(=O)NC(COP(=O)([O-])OCC[N+](C)(C)C)C(O)/C=C/CC/C=C/CC/C=C/CCCC. The van der Waals surface area contributed by atoms with Gasteiger partial charge in [0.1, 0.15) is 13.2 Å². The Morgan fingerprint density at radius 3 is 1.31 bits per heavy atom. The summed E-state index contributed by atoms with van der Waals surface area (Å²) in [7, 11) is 1.21. The Morgan fingerprint density at radius 2 is 0.873 bits per heavy atom. The van der Waals surface area contributed by atoms with Crippen molar-refractivity contribution in [3.63, 3.8) is 0 Å². The largest absolute Gasteiger partial charge is 0.756 e. The third kappa shape index (κ3) is 54.0. The summed E-state index contributed by atoms with van der Waals surface area (Å²) < 4.78 is 23.2. The maximum atomic E-state index is 12.9. The van der Waals surface area contributed by atoms with E-state index in [9.17, 15) is 19.4 Å². The Balaban J connectivity index is 4.16. The molecule has 1 amide bonds. The van der Waals surface area contributed by atoms with Crippen LogP contribution in [0.4, 0.5) is 0 Å². The number of quaternary nitrogens is 1. The Hall–Kier alpha value is -3.62. The highest BCUT2D eigenvalue weighted by Gasteiger charge is 2.23.